The maximum absolute atomic E-state index is 10.3. The second-order valence-electron chi connectivity index (χ2n) is 7.00. The van der Waals surface area contributed by atoms with Crippen molar-refractivity contribution in [2.75, 3.05) is 40.1 Å². The van der Waals surface area contributed by atoms with Gasteiger partial charge in [0.05, 0.1) is 6.61 Å². The Morgan fingerprint density at radius 1 is 1.03 bits per heavy atom. The normalized spacial score (nSPS) is 12.4. The van der Waals surface area contributed by atoms with E-state index in [2.05, 4.69) is 15.5 Å². The van der Waals surface area contributed by atoms with E-state index in [0.29, 0.717) is 48.9 Å². The summed E-state index contributed by atoms with van der Waals surface area (Å²) in [6.45, 7) is 5.62. The Labute approximate surface area is 176 Å². The van der Waals surface area contributed by atoms with Crippen LogP contribution in [0.5, 0.6) is 17.4 Å². The lowest BCUT2D eigenvalue weighted by Crippen LogP contribution is -2.48. The van der Waals surface area contributed by atoms with Gasteiger partial charge < -0.3 is 29.4 Å². The number of halogens is 1. The average Bonchev–Trinajstić information content (AvgIpc) is 2.71. The Balaban J connectivity index is 1.74. The number of β-amino-alcohol motifs (C(OH)–C–C–N with tert-alkyl or cyclic N) is 1. The first-order valence-corrected chi connectivity index (χ1v) is 9.66. The fraction of sp³-hybridized carbons (Fsp3) is 0.500. The first kappa shape index (κ1) is 23.2. The van der Waals surface area contributed by atoms with Gasteiger partial charge in [0.25, 0.3) is 0 Å². The molecule has 1 atom stereocenters. The molecule has 0 fully saturated rings. The quantitative estimate of drug-likeness (QED) is 0.472. The van der Waals surface area contributed by atoms with E-state index in [0.717, 1.165) is 0 Å². The molecule has 9 heteroatoms. The molecule has 1 aromatic heterocycles. The van der Waals surface area contributed by atoms with Crippen LogP contribution in [0.1, 0.15) is 13.8 Å². The first-order chi connectivity index (χ1) is 13.9. The van der Waals surface area contributed by atoms with Gasteiger partial charge in [-0.25, -0.2) is 0 Å². The Bertz CT molecular complexity index is 730. The zero-order valence-electron chi connectivity index (χ0n) is 16.9. The summed E-state index contributed by atoms with van der Waals surface area (Å²) in [6, 6.07) is 10.6. The van der Waals surface area contributed by atoms with E-state index in [-0.39, 0.29) is 6.61 Å². The molecule has 0 aliphatic rings. The molecule has 0 bridgehead atoms. The highest BCUT2D eigenvalue weighted by atomic mass is 35.5. The smallest absolute Gasteiger partial charge is 0.233 e. The van der Waals surface area contributed by atoms with Crippen molar-refractivity contribution in [3.8, 4) is 17.4 Å². The minimum Gasteiger partial charge on any atom is -0.487 e. The molecule has 1 heterocycles. The van der Waals surface area contributed by atoms with Crippen LogP contribution in [0.4, 0.5) is 0 Å². The Kier molecular flexibility index (Phi) is 9.40. The molecule has 1 unspecified atom stereocenters. The van der Waals surface area contributed by atoms with Gasteiger partial charge in [-0.2, -0.15) is 0 Å². The number of aromatic nitrogens is 2. The fourth-order valence-electron chi connectivity index (χ4n) is 2.25. The van der Waals surface area contributed by atoms with E-state index >= 15 is 0 Å². The van der Waals surface area contributed by atoms with Crippen LogP contribution in [0, 0.1) is 0 Å². The van der Waals surface area contributed by atoms with Gasteiger partial charge >= 0.3 is 0 Å². The van der Waals surface area contributed by atoms with Crippen LogP contribution in [-0.2, 0) is 4.74 Å². The molecular weight excluding hydrogens is 398 g/mol. The van der Waals surface area contributed by atoms with Crippen LogP contribution in [-0.4, -0.2) is 67.0 Å². The van der Waals surface area contributed by atoms with Crippen molar-refractivity contribution < 1.29 is 24.1 Å². The largest absolute Gasteiger partial charge is 0.487 e. The van der Waals surface area contributed by atoms with Crippen molar-refractivity contribution in [2.45, 2.75) is 25.5 Å². The maximum atomic E-state index is 10.3. The van der Waals surface area contributed by atoms with Crippen molar-refractivity contribution in [3.05, 3.63) is 41.6 Å². The SMILES string of the molecule is COCCOc1ccccc1OCC(O)CNC(C)(C)COc1ccc(Cl)nn1. The molecule has 0 amide bonds. The third-order valence-corrected chi connectivity index (χ3v) is 4.03. The second-order valence-corrected chi connectivity index (χ2v) is 7.39. The maximum Gasteiger partial charge on any atom is 0.233 e. The van der Waals surface area contributed by atoms with Gasteiger partial charge in [0.15, 0.2) is 16.7 Å². The Morgan fingerprint density at radius 2 is 1.76 bits per heavy atom. The van der Waals surface area contributed by atoms with Crippen molar-refractivity contribution in [3.63, 3.8) is 0 Å². The zero-order chi connectivity index (χ0) is 21.1. The standard InChI is InChI=1S/C20H28ClN3O5/c1-20(2,14-29-19-9-8-18(21)23-24-19)22-12-15(25)13-28-17-7-5-4-6-16(17)27-11-10-26-3/h4-9,15,22,25H,10-14H2,1-3H3. The molecule has 0 radical (unpaired) electrons. The van der Waals surface area contributed by atoms with Crippen molar-refractivity contribution in [2.24, 2.45) is 0 Å². The van der Waals surface area contributed by atoms with Gasteiger partial charge in [-0.05, 0) is 32.0 Å². The lowest BCUT2D eigenvalue weighted by atomic mass is 10.1. The third-order valence-electron chi connectivity index (χ3n) is 3.83. The van der Waals surface area contributed by atoms with E-state index in [4.69, 9.17) is 30.5 Å². The molecule has 2 N–H and O–H groups in total. The number of nitrogens with one attached hydrogen (secondary N) is 1. The van der Waals surface area contributed by atoms with Crippen LogP contribution in [0.25, 0.3) is 0 Å². The molecule has 0 aliphatic heterocycles. The summed E-state index contributed by atoms with van der Waals surface area (Å²) in [5, 5.41) is 21.4. The molecule has 1 aromatic carbocycles. The molecule has 2 aromatic rings. The highest BCUT2D eigenvalue weighted by Crippen LogP contribution is 2.26. The first-order valence-electron chi connectivity index (χ1n) is 9.28. The van der Waals surface area contributed by atoms with E-state index in [1.165, 1.54) is 0 Å². The van der Waals surface area contributed by atoms with Crippen LogP contribution in [0.3, 0.4) is 0 Å². The van der Waals surface area contributed by atoms with Crippen LogP contribution in [0.15, 0.2) is 36.4 Å². The summed E-state index contributed by atoms with van der Waals surface area (Å²) in [5.74, 6) is 1.58. The molecule has 0 saturated carbocycles. The number of aliphatic hydroxyl groups excluding tert-OH is 1. The number of methoxy groups -OCH3 is 1. The summed E-state index contributed by atoms with van der Waals surface area (Å²) < 4.78 is 21.9. The second kappa shape index (κ2) is 11.8. The topological polar surface area (TPSA) is 95.0 Å². The molecule has 8 nitrogen and oxygen atoms in total. The van der Waals surface area contributed by atoms with Gasteiger partial charge in [0, 0.05) is 25.3 Å². The number of benzene rings is 1. The average molecular weight is 426 g/mol. The predicted octanol–water partition coefficient (Wildman–Crippen LogP) is 2.34. The number of ether oxygens (including phenoxy) is 4. The monoisotopic (exact) mass is 425 g/mol. The van der Waals surface area contributed by atoms with Crippen molar-refractivity contribution in [1.82, 2.24) is 15.5 Å². The number of hydrogen-bond acceptors (Lipinski definition) is 8. The van der Waals surface area contributed by atoms with Gasteiger partial charge in [-0.1, -0.05) is 23.7 Å². The Morgan fingerprint density at radius 3 is 2.41 bits per heavy atom. The number of para-hydroxylation sites is 2. The van der Waals surface area contributed by atoms with E-state index < -0.39 is 11.6 Å². The summed E-state index contributed by atoms with van der Waals surface area (Å²) in [5.41, 5.74) is -0.399. The molecule has 0 spiro atoms. The van der Waals surface area contributed by atoms with E-state index in [9.17, 15) is 5.11 Å². The summed E-state index contributed by atoms with van der Waals surface area (Å²) >= 11 is 5.71. The number of aliphatic hydroxyl groups is 1. The lowest BCUT2D eigenvalue weighted by molar-refractivity contribution is 0.0892. The van der Waals surface area contributed by atoms with Gasteiger partial charge in [0.1, 0.15) is 25.9 Å². The highest BCUT2D eigenvalue weighted by Gasteiger charge is 2.20. The number of nitrogens with zero attached hydrogens (tertiary/aromatic N) is 2. The summed E-state index contributed by atoms with van der Waals surface area (Å²) in [7, 11) is 1.62. The van der Waals surface area contributed by atoms with Gasteiger partial charge in [0.2, 0.25) is 5.88 Å². The van der Waals surface area contributed by atoms with Crippen LogP contribution < -0.4 is 19.5 Å². The third kappa shape index (κ3) is 8.82. The van der Waals surface area contributed by atoms with Gasteiger partial charge in [-0.3, -0.25) is 0 Å². The minimum atomic E-state index is -0.711. The lowest BCUT2D eigenvalue weighted by Gasteiger charge is -2.27. The van der Waals surface area contributed by atoms with Crippen LogP contribution >= 0.6 is 11.6 Å². The van der Waals surface area contributed by atoms with Crippen LogP contribution in [0.2, 0.25) is 5.15 Å². The van der Waals surface area contributed by atoms with Crippen molar-refractivity contribution in [1.29, 1.82) is 0 Å². The molecule has 0 aliphatic carbocycles. The molecular formula is C20H28ClN3O5. The molecule has 29 heavy (non-hydrogen) atoms. The van der Waals surface area contributed by atoms with Crippen molar-refractivity contribution >= 4 is 11.6 Å². The van der Waals surface area contributed by atoms with E-state index in [1.807, 2.05) is 32.0 Å². The fourth-order valence-corrected chi connectivity index (χ4v) is 2.35. The predicted molar refractivity (Wildman–Crippen MR) is 110 cm³/mol. The van der Waals surface area contributed by atoms with E-state index in [1.54, 1.807) is 25.3 Å². The Hall–Kier alpha value is -2.13. The molecule has 2 rings (SSSR count). The molecule has 0 saturated heterocycles. The number of rotatable bonds is 13. The zero-order valence-corrected chi connectivity index (χ0v) is 17.7. The summed E-state index contributed by atoms with van der Waals surface area (Å²) in [6.07, 6.45) is -0.711. The highest BCUT2D eigenvalue weighted by molar-refractivity contribution is 6.29. The molecule has 160 valence electrons. The minimum absolute atomic E-state index is 0.122. The van der Waals surface area contributed by atoms with Gasteiger partial charge in [-0.15, -0.1) is 10.2 Å². The number of hydrogen-bond donors (Lipinski definition) is 2. The summed E-state index contributed by atoms with van der Waals surface area (Å²) in [4.78, 5) is 0.